The summed E-state index contributed by atoms with van der Waals surface area (Å²) in [5.41, 5.74) is 1.08. The van der Waals surface area contributed by atoms with Gasteiger partial charge >= 0.3 is 0 Å². The molecule has 1 saturated heterocycles. The summed E-state index contributed by atoms with van der Waals surface area (Å²) in [5, 5.41) is 6.92. The van der Waals surface area contributed by atoms with Gasteiger partial charge in [0, 0.05) is 31.2 Å². The van der Waals surface area contributed by atoms with Gasteiger partial charge < -0.3 is 15.5 Å². The van der Waals surface area contributed by atoms with E-state index in [0.29, 0.717) is 28.7 Å². The highest BCUT2D eigenvalue weighted by Crippen LogP contribution is 2.28. The Hall–Kier alpha value is -1.59. The van der Waals surface area contributed by atoms with Crippen molar-refractivity contribution < 1.29 is 9.59 Å². The van der Waals surface area contributed by atoms with Crippen LogP contribution in [-0.2, 0) is 4.79 Å². The van der Waals surface area contributed by atoms with Crippen molar-refractivity contribution >= 4 is 29.1 Å². The Balaban J connectivity index is 1.57. The normalized spacial score (nSPS) is 18.0. The Labute approximate surface area is 166 Å². The predicted octanol–water partition coefficient (Wildman–Crippen LogP) is 3.93. The van der Waals surface area contributed by atoms with E-state index in [4.69, 9.17) is 11.6 Å². The highest BCUT2D eigenvalue weighted by atomic mass is 35.5. The summed E-state index contributed by atoms with van der Waals surface area (Å²) in [6.07, 6.45) is 5.11. The van der Waals surface area contributed by atoms with Gasteiger partial charge in [0.1, 0.15) is 0 Å². The number of carbonyl (C=O) groups excluding carboxylic acids is 2. The number of rotatable bonds is 7. The molecular weight excluding hydrogens is 362 g/mol. The highest BCUT2D eigenvalue weighted by Gasteiger charge is 2.27. The number of amides is 2. The van der Waals surface area contributed by atoms with Gasteiger partial charge in [-0.15, -0.1) is 0 Å². The van der Waals surface area contributed by atoms with E-state index in [1.54, 1.807) is 18.2 Å². The fraction of sp³-hybridized carbons (Fsp3) is 0.619. The SMILES string of the molecule is CC(C)CC(=O)Nc1ccc(Cl)c(C(=O)N2CCC(NCC3CC3)CC2)c1. The zero-order valence-corrected chi connectivity index (χ0v) is 17.0. The molecule has 1 saturated carbocycles. The molecule has 6 heteroatoms. The van der Waals surface area contributed by atoms with Crippen LogP contribution in [0.15, 0.2) is 18.2 Å². The van der Waals surface area contributed by atoms with Crippen LogP contribution in [-0.4, -0.2) is 42.4 Å². The van der Waals surface area contributed by atoms with Gasteiger partial charge in [0.25, 0.3) is 5.91 Å². The second-order valence-electron chi connectivity index (χ2n) is 8.26. The second kappa shape index (κ2) is 9.07. The van der Waals surface area contributed by atoms with Crippen molar-refractivity contribution in [1.29, 1.82) is 0 Å². The lowest BCUT2D eigenvalue weighted by Crippen LogP contribution is -2.45. The average molecular weight is 392 g/mol. The molecule has 2 aliphatic rings. The van der Waals surface area contributed by atoms with Gasteiger partial charge in [-0.2, -0.15) is 0 Å². The molecule has 148 valence electrons. The fourth-order valence-corrected chi connectivity index (χ4v) is 3.66. The van der Waals surface area contributed by atoms with E-state index in [-0.39, 0.29) is 17.7 Å². The Morgan fingerprint density at radius 2 is 1.89 bits per heavy atom. The maximum absolute atomic E-state index is 12.9. The summed E-state index contributed by atoms with van der Waals surface area (Å²) in [6.45, 7) is 6.59. The van der Waals surface area contributed by atoms with E-state index in [1.807, 2.05) is 18.7 Å². The molecule has 0 bridgehead atoms. The summed E-state index contributed by atoms with van der Waals surface area (Å²) in [7, 11) is 0. The number of carbonyl (C=O) groups is 2. The number of halogens is 1. The molecule has 0 radical (unpaired) electrons. The number of hydrogen-bond acceptors (Lipinski definition) is 3. The number of nitrogens with one attached hydrogen (secondary N) is 2. The third-order valence-electron chi connectivity index (χ3n) is 5.25. The summed E-state index contributed by atoms with van der Waals surface area (Å²) >= 11 is 6.28. The molecule has 2 N–H and O–H groups in total. The summed E-state index contributed by atoms with van der Waals surface area (Å²) in [5.74, 6) is 1.05. The molecule has 0 atom stereocenters. The first-order valence-corrected chi connectivity index (χ1v) is 10.4. The maximum Gasteiger partial charge on any atom is 0.255 e. The van der Waals surface area contributed by atoms with E-state index in [2.05, 4.69) is 10.6 Å². The molecule has 27 heavy (non-hydrogen) atoms. The van der Waals surface area contributed by atoms with Crippen molar-refractivity contribution in [2.24, 2.45) is 11.8 Å². The molecule has 3 rings (SSSR count). The summed E-state index contributed by atoms with van der Waals surface area (Å²) in [4.78, 5) is 26.8. The molecule has 1 aliphatic heterocycles. The summed E-state index contributed by atoms with van der Waals surface area (Å²) < 4.78 is 0. The highest BCUT2D eigenvalue weighted by molar-refractivity contribution is 6.34. The van der Waals surface area contributed by atoms with Gasteiger partial charge in [0.2, 0.25) is 5.91 Å². The Bertz CT molecular complexity index is 680. The van der Waals surface area contributed by atoms with Crippen LogP contribution < -0.4 is 10.6 Å². The zero-order chi connectivity index (χ0) is 19.4. The van der Waals surface area contributed by atoms with Crippen molar-refractivity contribution in [1.82, 2.24) is 10.2 Å². The zero-order valence-electron chi connectivity index (χ0n) is 16.3. The molecule has 0 spiro atoms. The lowest BCUT2D eigenvalue weighted by molar-refractivity contribution is -0.116. The molecule has 0 unspecified atom stereocenters. The molecule has 1 aromatic rings. The smallest absolute Gasteiger partial charge is 0.255 e. The minimum absolute atomic E-state index is 0.0479. The molecule has 1 heterocycles. The second-order valence-corrected chi connectivity index (χ2v) is 8.67. The van der Waals surface area contributed by atoms with Crippen LogP contribution in [0.2, 0.25) is 5.02 Å². The van der Waals surface area contributed by atoms with Gasteiger partial charge in [-0.3, -0.25) is 9.59 Å². The van der Waals surface area contributed by atoms with Gasteiger partial charge in [0.15, 0.2) is 0 Å². The molecule has 5 nitrogen and oxygen atoms in total. The first-order chi connectivity index (χ1) is 12.9. The van der Waals surface area contributed by atoms with Crippen LogP contribution in [0.1, 0.15) is 56.3 Å². The quantitative estimate of drug-likeness (QED) is 0.740. The largest absolute Gasteiger partial charge is 0.338 e. The minimum atomic E-state index is -0.0550. The van der Waals surface area contributed by atoms with Gasteiger partial charge in [-0.05, 0) is 62.3 Å². The molecular formula is C21H30ClN3O2. The molecule has 0 aromatic heterocycles. The van der Waals surface area contributed by atoms with E-state index in [1.165, 1.54) is 12.8 Å². The number of hydrogen-bond donors (Lipinski definition) is 2. The molecule has 1 aliphatic carbocycles. The van der Waals surface area contributed by atoms with Gasteiger partial charge in [-0.1, -0.05) is 25.4 Å². The average Bonchev–Trinajstić information content (AvgIpc) is 3.45. The number of piperidine rings is 1. The topological polar surface area (TPSA) is 61.4 Å². The Morgan fingerprint density at radius 3 is 2.52 bits per heavy atom. The number of anilines is 1. The fourth-order valence-electron chi connectivity index (χ4n) is 3.46. The number of benzene rings is 1. The van der Waals surface area contributed by atoms with E-state index >= 15 is 0 Å². The Kier molecular flexibility index (Phi) is 6.77. The van der Waals surface area contributed by atoms with Crippen LogP contribution in [0.4, 0.5) is 5.69 Å². The van der Waals surface area contributed by atoms with E-state index in [0.717, 1.165) is 38.4 Å². The number of nitrogens with zero attached hydrogens (tertiary/aromatic N) is 1. The van der Waals surface area contributed by atoms with Gasteiger partial charge in [0.05, 0.1) is 10.6 Å². The monoisotopic (exact) mass is 391 g/mol. The predicted molar refractivity (Wildman–Crippen MR) is 109 cm³/mol. The third-order valence-corrected chi connectivity index (χ3v) is 5.58. The Morgan fingerprint density at radius 1 is 1.19 bits per heavy atom. The summed E-state index contributed by atoms with van der Waals surface area (Å²) in [6, 6.07) is 5.63. The van der Waals surface area contributed by atoms with Crippen molar-refractivity contribution in [3.63, 3.8) is 0 Å². The van der Waals surface area contributed by atoms with Crippen LogP contribution in [0.3, 0.4) is 0 Å². The third kappa shape index (κ3) is 5.94. The number of likely N-dealkylation sites (tertiary alicyclic amines) is 1. The van der Waals surface area contributed by atoms with E-state index in [9.17, 15) is 9.59 Å². The van der Waals surface area contributed by atoms with Crippen molar-refractivity contribution in [3.8, 4) is 0 Å². The van der Waals surface area contributed by atoms with Crippen LogP contribution in [0, 0.1) is 11.8 Å². The maximum atomic E-state index is 12.9. The molecule has 1 aromatic carbocycles. The van der Waals surface area contributed by atoms with Crippen molar-refractivity contribution in [3.05, 3.63) is 28.8 Å². The van der Waals surface area contributed by atoms with Crippen molar-refractivity contribution in [2.45, 2.75) is 52.0 Å². The molecule has 2 fully saturated rings. The standard InChI is InChI=1S/C21H30ClN3O2/c1-14(2)11-20(26)24-17-5-6-19(22)18(12-17)21(27)25-9-7-16(8-10-25)23-13-15-3-4-15/h5-6,12,14-16,23H,3-4,7-11,13H2,1-2H3,(H,24,26). The first kappa shape index (κ1) is 20.2. The lowest BCUT2D eigenvalue weighted by atomic mass is 10.0. The lowest BCUT2D eigenvalue weighted by Gasteiger charge is -2.33. The van der Waals surface area contributed by atoms with Gasteiger partial charge in [-0.25, -0.2) is 0 Å². The van der Waals surface area contributed by atoms with Crippen LogP contribution >= 0.6 is 11.6 Å². The van der Waals surface area contributed by atoms with Crippen molar-refractivity contribution in [2.75, 3.05) is 25.0 Å². The van der Waals surface area contributed by atoms with Crippen LogP contribution in [0.5, 0.6) is 0 Å². The van der Waals surface area contributed by atoms with E-state index < -0.39 is 0 Å². The van der Waals surface area contributed by atoms with Crippen LogP contribution in [0.25, 0.3) is 0 Å². The first-order valence-electron chi connectivity index (χ1n) is 10.0. The minimum Gasteiger partial charge on any atom is -0.338 e. The molecule has 2 amide bonds.